The summed E-state index contributed by atoms with van der Waals surface area (Å²) >= 11 is 0. The molecule has 17 heavy (non-hydrogen) atoms. The van der Waals surface area contributed by atoms with E-state index in [4.69, 9.17) is 4.74 Å². The molecule has 0 spiro atoms. The van der Waals surface area contributed by atoms with E-state index in [9.17, 15) is 0 Å². The molecule has 0 bridgehead atoms. The highest BCUT2D eigenvalue weighted by molar-refractivity contribution is 5.08. The van der Waals surface area contributed by atoms with Crippen molar-refractivity contribution in [2.45, 2.75) is 6.42 Å². The highest BCUT2D eigenvalue weighted by atomic mass is 16.5. The normalized spacial score (nSPS) is 17.2. The van der Waals surface area contributed by atoms with Crippen molar-refractivity contribution in [3.8, 4) is 0 Å². The lowest BCUT2D eigenvalue weighted by Crippen LogP contribution is -2.44. The molecule has 0 radical (unpaired) electrons. The van der Waals surface area contributed by atoms with Gasteiger partial charge in [-0.1, -0.05) is 6.07 Å². The van der Waals surface area contributed by atoms with E-state index in [0.29, 0.717) is 0 Å². The third kappa shape index (κ3) is 4.81. The van der Waals surface area contributed by atoms with E-state index in [-0.39, 0.29) is 0 Å². The van der Waals surface area contributed by atoms with Crippen molar-refractivity contribution in [2.24, 2.45) is 0 Å². The van der Waals surface area contributed by atoms with Crippen molar-refractivity contribution in [2.75, 3.05) is 45.9 Å². The lowest BCUT2D eigenvalue weighted by molar-refractivity contribution is 0.101. The Morgan fingerprint density at radius 1 is 1.29 bits per heavy atom. The summed E-state index contributed by atoms with van der Waals surface area (Å²) in [6, 6.07) is 4.06. The maximum atomic E-state index is 5.65. The second kappa shape index (κ2) is 7.37. The van der Waals surface area contributed by atoms with Crippen molar-refractivity contribution < 1.29 is 4.74 Å². The Morgan fingerprint density at radius 2 is 2.18 bits per heavy atom. The van der Waals surface area contributed by atoms with Gasteiger partial charge in [0.15, 0.2) is 0 Å². The SMILES string of the molecule is c1cncc(CCOCCN2CCNCC2)c1. The second-order valence-electron chi connectivity index (χ2n) is 4.32. The number of piperazine rings is 1. The quantitative estimate of drug-likeness (QED) is 0.731. The molecular formula is C13H21N3O. The third-order valence-electron chi connectivity index (χ3n) is 3.02. The fourth-order valence-electron chi connectivity index (χ4n) is 1.97. The summed E-state index contributed by atoms with van der Waals surface area (Å²) in [5.41, 5.74) is 1.25. The van der Waals surface area contributed by atoms with E-state index in [1.807, 2.05) is 12.3 Å². The van der Waals surface area contributed by atoms with Crippen LogP contribution in [-0.4, -0.2) is 55.8 Å². The van der Waals surface area contributed by atoms with Crippen LogP contribution in [0.3, 0.4) is 0 Å². The van der Waals surface area contributed by atoms with Crippen molar-refractivity contribution in [3.05, 3.63) is 30.1 Å². The standard InChI is InChI=1S/C13H21N3O/c1-2-13(12-15-4-1)3-10-17-11-9-16-7-5-14-6-8-16/h1-2,4,12,14H,3,5-11H2. The van der Waals surface area contributed by atoms with Crippen molar-refractivity contribution in [3.63, 3.8) is 0 Å². The van der Waals surface area contributed by atoms with Crippen LogP contribution in [0.25, 0.3) is 0 Å². The number of aromatic nitrogens is 1. The van der Waals surface area contributed by atoms with Gasteiger partial charge in [-0.3, -0.25) is 9.88 Å². The van der Waals surface area contributed by atoms with Gasteiger partial charge >= 0.3 is 0 Å². The first-order valence-electron chi connectivity index (χ1n) is 6.35. The Kier molecular flexibility index (Phi) is 5.42. The number of hydrogen-bond acceptors (Lipinski definition) is 4. The molecular weight excluding hydrogens is 214 g/mol. The topological polar surface area (TPSA) is 37.4 Å². The Balaban J connectivity index is 1.51. The van der Waals surface area contributed by atoms with Gasteiger partial charge in [-0.2, -0.15) is 0 Å². The summed E-state index contributed by atoms with van der Waals surface area (Å²) < 4.78 is 5.65. The molecule has 94 valence electrons. The number of nitrogens with zero attached hydrogens (tertiary/aromatic N) is 2. The van der Waals surface area contributed by atoms with E-state index in [0.717, 1.165) is 52.4 Å². The molecule has 0 aromatic carbocycles. The monoisotopic (exact) mass is 235 g/mol. The molecule has 1 fully saturated rings. The van der Waals surface area contributed by atoms with Crippen LogP contribution in [0, 0.1) is 0 Å². The van der Waals surface area contributed by atoms with E-state index >= 15 is 0 Å². The van der Waals surface area contributed by atoms with Crippen LogP contribution >= 0.6 is 0 Å². The molecule has 0 unspecified atom stereocenters. The van der Waals surface area contributed by atoms with Crippen LogP contribution in [-0.2, 0) is 11.2 Å². The van der Waals surface area contributed by atoms with Crippen molar-refractivity contribution >= 4 is 0 Å². The minimum absolute atomic E-state index is 0.789. The van der Waals surface area contributed by atoms with E-state index in [1.165, 1.54) is 5.56 Å². The first-order valence-corrected chi connectivity index (χ1v) is 6.35. The lowest BCUT2D eigenvalue weighted by Gasteiger charge is -2.26. The van der Waals surface area contributed by atoms with Crippen LogP contribution in [0.4, 0.5) is 0 Å². The fourth-order valence-corrected chi connectivity index (χ4v) is 1.97. The summed E-state index contributed by atoms with van der Waals surface area (Å²) in [5.74, 6) is 0. The van der Waals surface area contributed by atoms with Crippen LogP contribution < -0.4 is 5.32 Å². The number of nitrogens with one attached hydrogen (secondary N) is 1. The van der Waals surface area contributed by atoms with E-state index < -0.39 is 0 Å². The minimum atomic E-state index is 0.789. The second-order valence-corrected chi connectivity index (χ2v) is 4.32. The molecule has 1 saturated heterocycles. The average Bonchev–Trinajstić information content (AvgIpc) is 2.41. The maximum Gasteiger partial charge on any atom is 0.0593 e. The van der Waals surface area contributed by atoms with E-state index in [1.54, 1.807) is 6.20 Å². The molecule has 4 nitrogen and oxygen atoms in total. The lowest BCUT2D eigenvalue weighted by atomic mass is 10.2. The van der Waals surface area contributed by atoms with Gasteiger partial charge in [-0.25, -0.2) is 0 Å². The van der Waals surface area contributed by atoms with Crippen LogP contribution in [0.1, 0.15) is 5.56 Å². The smallest absolute Gasteiger partial charge is 0.0593 e. The van der Waals surface area contributed by atoms with Gasteiger partial charge in [0.05, 0.1) is 13.2 Å². The zero-order valence-electron chi connectivity index (χ0n) is 10.3. The van der Waals surface area contributed by atoms with Crippen LogP contribution in [0.15, 0.2) is 24.5 Å². The molecule has 0 atom stereocenters. The predicted molar refractivity (Wildman–Crippen MR) is 68.1 cm³/mol. The number of ether oxygens (including phenoxy) is 1. The molecule has 0 aliphatic carbocycles. The summed E-state index contributed by atoms with van der Waals surface area (Å²) in [6.45, 7) is 7.18. The predicted octanol–water partition coefficient (Wildman–Crippen LogP) is 0.546. The Morgan fingerprint density at radius 3 is 2.94 bits per heavy atom. The van der Waals surface area contributed by atoms with Gasteiger partial charge < -0.3 is 10.1 Å². The molecule has 1 aromatic heterocycles. The summed E-state index contributed by atoms with van der Waals surface area (Å²) in [7, 11) is 0. The zero-order chi connectivity index (χ0) is 11.8. The van der Waals surface area contributed by atoms with Crippen LogP contribution in [0.2, 0.25) is 0 Å². The number of hydrogen-bond donors (Lipinski definition) is 1. The van der Waals surface area contributed by atoms with E-state index in [2.05, 4.69) is 21.3 Å². The van der Waals surface area contributed by atoms with Gasteiger partial charge in [0.2, 0.25) is 0 Å². The summed E-state index contributed by atoms with van der Waals surface area (Å²) in [6.07, 6.45) is 4.66. The third-order valence-corrected chi connectivity index (χ3v) is 3.02. The van der Waals surface area contributed by atoms with Gasteiger partial charge in [0.25, 0.3) is 0 Å². The van der Waals surface area contributed by atoms with Gasteiger partial charge in [0, 0.05) is 45.1 Å². The van der Waals surface area contributed by atoms with Gasteiger partial charge in [-0.15, -0.1) is 0 Å². The summed E-state index contributed by atoms with van der Waals surface area (Å²) in [4.78, 5) is 6.53. The Labute approximate surface area is 103 Å². The molecule has 2 heterocycles. The highest BCUT2D eigenvalue weighted by Gasteiger charge is 2.08. The Hall–Kier alpha value is -0.970. The zero-order valence-corrected chi connectivity index (χ0v) is 10.3. The molecule has 1 aliphatic rings. The fraction of sp³-hybridized carbons (Fsp3) is 0.615. The molecule has 0 amide bonds. The van der Waals surface area contributed by atoms with Gasteiger partial charge in [0.1, 0.15) is 0 Å². The molecule has 4 heteroatoms. The minimum Gasteiger partial charge on any atom is -0.380 e. The van der Waals surface area contributed by atoms with Gasteiger partial charge in [-0.05, 0) is 18.1 Å². The molecule has 1 aromatic rings. The number of pyridine rings is 1. The van der Waals surface area contributed by atoms with Crippen LogP contribution in [0.5, 0.6) is 0 Å². The first kappa shape index (κ1) is 12.5. The first-order chi connectivity index (χ1) is 8.45. The molecule has 2 rings (SSSR count). The summed E-state index contributed by atoms with van der Waals surface area (Å²) in [5, 5.41) is 3.35. The average molecular weight is 235 g/mol. The molecule has 1 aliphatic heterocycles. The largest absolute Gasteiger partial charge is 0.380 e. The van der Waals surface area contributed by atoms with Crippen molar-refractivity contribution in [1.82, 2.24) is 15.2 Å². The highest BCUT2D eigenvalue weighted by Crippen LogP contribution is 1.97. The maximum absolute atomic E-state index is 5.65. The Bertz CT molecular complexity index is 299. The number of rotatable bonds is 6. The molecule has 0 saturated carbocycles. The molecule has 1 N–H and O–H groups in total. The van der Waals surface area contributed by atoms with Crippen molar-refractivity contribution in [1.29, 1.82) is 0 Å².